The molecule has 25 heavy (non-hydrogen) atoms. The van der Waals surface area contributed by atoms with Crippen LogP contribution in [-0.4, -0.2) is 39.7 Å². The Bertz CT molecular complexity index is 863. The number of anilines is 3. The van der Waals surface area contributed by atoms with Crippen LogP contribution in [0.25, 0.3) is 0 Å². The number of pyridine rings is 1. The molecule has 1 fully saturated rings. The lowest BCUT2D eigenvalue weighted by atomic mass is 10.3. The van der Waals surface area contributed by atoms with Gasteiger partial charge in [-0.1, -0.05) is 23.2 Å². The topological polar surface area (TPSA) is 97.5 Å². The highest BCUT2D eigenvalue weighted by atomic mass is 35.5. The smallest absolute Gasteiger partial charge is 0.262 e. The van der Waals surface area contributed by atoms with Crippen molar-refractivity contribution in [1.82, 2.24) is 4.98 Å². The van der Waals surface area contributed by atoms with E-state index in [9.17, 15) is 8.42 Å². The number of rotatable bonds is 4. The van der Waals surface area contributed by atoms with Crippen molar-refractivity contribution in [2.45, 2.75) is 4.90 Å². The van der Waals surface area contributed by atoms with Crippen LogP contribution in [0.4, 0.5) is 17.2 Å². The predicted octanol–water partition coefficient (Wildman–Crippen LogP) is 2.61. The second-order valence-electron chi connectivity index (χ2n) is 5.38. The van der Waals surface area contributed by atoms with Gasteiger partial charge in [-0.2, -0.15) is 0 Å². The maximum Gasteiger partial charge on any atom is 0.262 e. The third-order valence-electron chi connectivity index (χ3n) is 3.70. The summed E-state index contributed by atoms with van der Waals surface area (Å²) in [6.07, 6.45) is 1.61. The van der Waals surface area contributed by atoms with E-state index in [0.717, 1.165) is 0 Å². The SMILES string of the molecule is Nc1c(Cl)cc(S(=O)(=O)Nc2cccnc2N2CCOCC2)cc1Cl. The largest absolute Gasteiger partial charge is 0.396 e. The first-order valence-electron chi connectivity index (χ1n) is 7.43. The lowest BCUT2D eigenvalue weighted by Gasteiger charge is -2.29. The molecule has 134 valence electrons. The Morgan fingerprint density at radius 3 is 2.48 bits per heavy atom. The Kier molecular flexibility index (Phi) is 5.24. The molecule has 0 aliphatic carbocycles. The molecule has 0 spiro atoms. The van der Waals surface area contributed by atoms with Gasteiger partial charge in [-0.15, -0.1) is 0 Å². The van der Waals surface area contributed by atoms with E-state index in [1.807, 2.05) is 4.90 Å². The Balaban J connectivity index is 1.94. The van der Waals surface area contributed by atoms with Crippen LogP contribution in [0.3, 0.4) is 0 Å². The molecular weight excluding hydrogens is 387 g/mol. The van der Waals surface area contributed by atoms with Crippen molar-refractivity contribution >= 4 is 50.4 Å². The molecule has 0 radical (unpaired) electrons. The third-order valence-corrected chi connectivity index (χ3v) is 5.67. The fourth-order valence-electron chi connectivity index (χ4n) is 2.42. The molecule has 0 bridgehead atoms. The van der Waals surface area contributed by atoms with E-state index < -0.39 is 10.0 Å². The van der Waals surface area contributed by atoms with Gasteiger partial charge in [-0.25, -0.2) is 13.4 Å². The maximum absolute atomic E-state index is 12.7. The van der Waals surface area contributed by atoms with E-state index >= 15 is 0 Å². The first kappa shape index (κ1) is 18.1. The summed E-state index contributed by atoms with van der Waals surface area (Å²) >= 11 is 11.9. The van der Waals surface area contributed by atoms with Crippen molar-refractivity contribution in [3.05, 3.63) is 40.5 Å². The van der Waals surface area contributed by atoms with Gasteiger partial charge in [0.1, 0.15) is 0 Å². The van der Waals surface area contributed by atoms with Gasteiger partial charge in [-0.05, 0) is 24.3 Å². The fourth-order valence-corrected chi connectivity index (χ4v) is 4.15. The average molecular weight is 403 g/mol. The van der Waals surface area contributed by atoms with Crippen LogP contribution in [0.5, 0.6) is 0 Å². The van der Waals surface area contributed by atoms with Crippen LogP contribution in [-0.2, 0) is 14.8 Å². The molecule has 3 rings (SSSR count). The van der Waals surface area contributed by atoms with Gasteiger partial charge in [0.25, 0.3) is 10.0 Å². The summed E-state index contributed by atoms with van der Waals surface area (Å²) in [5.74, 6) is 0.544. The number of ether oxygens (including phenoxy) is 1. The highest BCUT2D eigenvalue weighted by molar-refractivity contribution is 7.92. The van der Waals surface area contributed by atoms with Crippen molar-refractivity contribution in [3.63, 3.8) is 0 Å². The van der Waals surface area contributed by atoms with Crippen LogP contribution < -0.4 is 15.4 Å². The zero-order valence-electron chi connectivity index (χ0n) is 13.1. The first-order chi connectivity index (χ1) is 11.9. The fraction of sp³-hybridized carbons (Fsp3) is 0.267. The summed E-state index contributed by atoms with van der Waals surface area (Å²) in [5.41, 5.74) is 6.17. The molecule has 1 aromatic carbocycles. The van der Waals surface area contributed by atoms with Gasteiger partial charge in [0.15, 0.2) is 5.82 Å². The van der Waals surface area contributed by atoms with Gasteiger partial charge >= 0.3 is 0 Å². The van der Waals surface area contributed by atoms with Gasteiger partial charge in [0.2, 0.25) is 0 Å². The van der Waals surface area contributed by atoms with Crippen molar-refractivity contribution < 1.29 is 13.2 Å². The van der Waals surface area contributed by atoms with Crippen molar-refractivity contribution in [1.29, 1.82) is 0 Å². The number of morpholine rings is 1. The van der Waals surface area contributed by atoms with Crippen LogP contribution in [0.15, 0.2) is 35.4 Å². The number of benzene rings is 1. The van der Waals surface area contributed by atoms with Gasteiger partial charge in [0.05, 0.1) is 39.5 Å². The second kappa shape index (κ2) is 7.25. The minimum Gasteiger partial charge on any atom is -0.396 e. The van der Waals surface area contributed by atoms with E-state index in [-0.39, 0.29) is 20.6 Å². The van der Waals surface area contributed by atoms with E-state index in [2.05, 4.69) is 9.71 Å². The third kappa shape index (κ3) is 3.92. The molecule has 1 aromatic heterocycles. The molecule has 2 heterocycles. The number of hydrogen-bond donors (Lipinski definition) is 2. The van der Waals surface area contributed by atoms with Crippen LogP contribution >= 0.6 is 23.2 Å². The lowest BCUT2D eigenvalue weighted by Crippen LogP contribution is -2.37. The van der Waals surface area contributed by atoms with Crippen LogP contribution in [0.1, 0.15) is 0 Å². The summed E-state index contributed by atoms with van der Waals surface area (Å²) in [6, 6.07) is 5.83. The molecule has 3 N–H and O–H groups in total. The lowest BCUT2D eigenvalue weighted by molar-refractivity contribution is 0.122. The number of aromatic nitrogens is 1. The summed E-state index contributed by atoms with van der Waals surface area (Å²) in [7, 11) is -3.91. The van der Waals surface area contributed by atoms with Crippen molar-refractivity contribution in [3.8, 4) is 0 Å². The average Bonchev–Trinajstić information content (AvgIpc) is 2.60. The van der Waals surface area contributed by atoms with Crippen molar-refractivity contribution in [2.24, 2.45) is 0 Å². The molecule has 0 amide bonds. The molecule has 7 nitrogen and oxygen atoms in total. The molecule has 1 aliphatic rings. The minimum absolute atomic E-state index is 0.0755. The van der Waals surface area contributed by atoms with E-state index in [0.29, 0.717) is 37.8 Å². The monoisotopic (exact) mass is 402 g/mol. The number of nitrogens with two attached hydrogens (primary N) is 1. The van der Waals surface area contributed by atoms with E-state index in [1.54, 1.807) is 18.3 Å². The van der Waals surface area contributed by atoms with Crippen LogP contribution in [0.2, 0.25) is 10.0 Å². The molecule has 10 heteroatoms. The van der Waals surface area contributed by atoms with Crippen LogP contribution in [0, 0.1) is 0 Å². The molecule has 0 unspecified atom stereocenters. The zero-order valence-corrected chi connectivity index (χ0v) is 15.4. The second-order valence-corrected chi connectivity index (χ2v) is 7.88. The zero-order chi connectivity index (χ0) is 18.0. The molecule has 1 saturated heterocycles. The number of nitrogens with one attached hydrogen (secondary N) is 1. The number of nitrogen functional groups attached to an aromatic ring is 1. The van der Waals surface area contributed by atoms with Gasteiger partial charge < -0.3 is 15.4 Å². The summed E-state index contributed by atoms with van der Waals surface area (Å²) < 4.78 is 33.3. The predicted molar refractivity (Wildman–Crippen MR) is 99.0 cm³/mol. The summed E-state index contributed by atoms with van der Waals surface area (Å²) in [6.45, 7) is 2.38. The quantitative estimate of drug-likeness (QED) is 0.762. The highest BCUT2D eigenvalue weighted by Gasteiger charge is 2.22. The Hall–Kier alpha value is -1.74. The molecule has 2 aromatic rings. The first-order valence-corrected chi connectivity index (χ1v) is 9.67. The Morgan fingerprint density at radius 1 is 1.20 bits per heavy atom. The molecular formula is C15H16Cl2N4O3S. The highest BCUT2D eigenvalue weighted by Crippen LogP contribution is 2.32. The standard InChI is InChI=1S/C15H16Cl2N4O3S/c16-11-8-10(9-12(17)14(11)18)25(22,23)20-13-2-1-3-19-15(13)21-4-6-24-7-5-21/h1-3,8-9,20H,4-7,18H2. The summed E-state index contributed by atoms with van der Waals surface area (Å²) in [5, 5.41) is 0.153. The molecule has 0 atom stereocenters. The normalized spacial score (nSPS) is 15.2. The Labute approximate surface area is 155 Å². The van der Waals surface area contributed by atoms with E-state index in [1.165, 1.54) is 12.1 Å². The van der Waals surface area contributed by atoms with Gasteiger partial charge in [0, 0.05) is 19.3 Å². The maximum atomic E-state index is 12.7. The number of sulfonamides is 1. The number of halogens is 2. The minimum atomic E-state index is -3.91. The Morgan fingerprint density at radius 2 is 1.84 bits per heavy atom. The molecule has 1 aliphatic heterocycles. The number of hydrogen-bond acceptors (Lipinski definition) is 6. The van der Waals surface area contributed by atoms with E-state index in [4.69, 9.17) is 33.7 Å². The summed E-state index contributed by atoms with van der Waals surface area (Å²) in [4.78, 5) is 6.19. The number of nitrogens with zero attached hydrogens (tertiary/aromatic N) is 2. The molecule has 0 saturated carbocycles. The van der Waals surface area contributed by atoms with Gasteiger partial charge in [-0.3, -0.25) is 4.72 Å². The van der Waals surface area contributed by atoms with Crippen molar-refractivity contribution in [2.75, 3.05) is 41.7 Å².